The monoisotopic (exact) mass is 383 g/mol. The SMILES string of the molecule is COC[C@H](CN)Nc1ncc(C(N)=O)c(Nc2cccc(-n3nccn3)c2)n1. The summed E-state index contributed by atoms with van der Waals surface area (Å²) >= 11 is 0. The normalized spacial score (nSPS) is 11.8. The van der Waals surface area contributed by atoms with Crippen molar-refractivity contribution < 1.29 is 9.53 Å². The molecule has 146 valence electrons. The van der Waals surface area contributed by atoms with Crippen molar-refractivity contribution >= 4 is 23.4 Å². The molecule has 11 nitrogen and oxygen atoms in total. The summed E-state index contributed by atoms with van der Waals surface area (Å²) in [5.41, 5.74) is 12.7. The van der Waals surface area contributed by atoms with Gasteiger partial charge in [0.25, 0.3) is 5.91 Å². The molecule has 6 N–H and O–H groups in total. The van der Waals surface area contributed by atoms with Gasteiger partial charge in [-0.2, -0.15) is 20.0 Å². The van der Waals surface area contributed by atoms with Crippen LogP contribution in [0, 0.1) is 0 Å². The van der Waals surface area contributed by atoms with E-state index in [2.05, 4.69) is 30.8 Å². The zero-order valence-corrected chi connectivity index (χ0v) is 15.2. The number of hydrogen-bond donors (Lipinski definition) is 4. The minimum Gasteiger partial charge on any atom is -0.383 e. The van der Waals surface area contributed by atoms with Crippen molar-refractivity contribution in [3.63, 3.8) is 0 Å². The third-order valence-corrected chi connectivity index (χ3v) is 3.80. The zero-order chi connectivity index (χ0) is 19.9. The molecule has 0 spiro atoms. The van der Waals surface area contributed by atoms with Crippen molar-refractivity contribution in [3.05, 3.63) is 48.4 Å². The predicted molar refractivity (Wildman–Crippen MR) is 104 cm³/mol. The topological polar surface area (TPSA) is 159 Å². The number of primary amides is 1. The van der Waals surface area contributed by atoms with Crippen LogP contribution in [-0.2, 0) is 4.74 Å². The fourth-order valence-corrected chi connectivity index (χ4v) is 2.47. The van der Waals surface area contributed by atoms with E-state index >= 15 is 0 Å². The van der Waals surface area contributed by atoms with E-state index in [0.717, 1.165) is 5.69 Å². The zero-order valence-electron chi connectivity index (χ0n) is 15.2. The summed E-state index contributed by atoms with van der Waals surface area (Å²) in [4.78, 5) is 21.8. The van der Waals surface area contributed by atoms with Crippen LogP contribution in [0.1, 0.15) is 10.4 Å². The first-order chi connectivity index (χ1) is 13.6. The lowest BCUT2D eigenvalue weighted by atomic mass is 10.2. The van der Waals surface area contributed by atoms with E-state index in [1.54, 1.807) is 19.5 Å². The smallest absolute Gasteiger partial charge is 0.254 e. The molecule has 0 aliphatic rings. The Hall–Kier alpha value is -3.57. The molecule has 0 unspecified atom stereocenters. The van der Waals surface area contributed by atoms with Crippen LogP contribution in [-0.4, -0.2) is 57.2 Å². The van der Waals surface area contributed by atoms with Crippen LogP contribution in [0.2, 0.25) is 0 Å². The molecular weight excluding hydrogens is 362 g/mol. The largest absolute Gasteiger partial charge is 0.383 e. The number of carbonyl (C=O) groups is 1. The molecule has 1 atom stereocenters. The van der Waals surface area contributed by atoms with E-state index in [1.165, 1.54) is 11.0 Å². The Morgan fingerprint density at radius 2 is 2.11 bits per heavy atom. The number of nitrogens with one attached hydrogen (secondary N) is 2. The van der Waals surface area contributed by atoms with Crippen molar-refractivity contribution in [3.8, 4) is 5.69 Å². The second kappa shape index (κ2) is 8.88. The van der Waals surface area contributed by atoms with Gasteiger partial charge < -0.3 is 26.8 Å². The molecule has 0 aliphatic carbocycles. The summed E-state index contributed by atoms with van der Waals surface area (Å²) in [5.74, 6) is -0.0834. The molecule has 2 aromatic heterocycles. The lowest BCUT2D eigenvalue weighted by molar-refractivity contribution is 0.100. The first-order valence-electron chi connectivity index (χ1n) is 8.47. The van der Waals surface area contributed by atoms with Crippen LogP contribution in [0.3, 0.4) is 0 Å². The fraction of sp³-hybridized carbons (Fsp3) is 0.235. The number of hydrogen-bond acceptors (Lipinski definition) is 9. The fourth-order valence-electron chi connectivity index (χ4n) is 2.47. The minimum atomic E-state index is -0.647. The van der Waals surface area contributed by atoms with Crippen LogP contribution in [0.25, 0.3) is 5.69 Å². The molecule has 2 heterocycles. The van der Waals surface area contributed by atoms with Crippen LogP contribution >= 0.6 is 0 Å². The summed E-state index contributed by atoms with van der Waals surface area (Å²) < 4.78 is 5.10. The van der Waals surface area contributed by atoms with Crippen molar-refractivity contribution in [1.82, 2.24) is 25.0 Å². The van der Waals surface area contributed by atoms with E-state index in [1.807, 2.05) is 24.3 Å². The molecule has 11 heteroatoms. The lowest BCUT2D eigenvalue weighted by Crippen LogP contribution is -2.34. The van der Waals surface area contributed by atoms with Gasteiger partial charge >= 0.3 is 0 Å². The maximum atomic E-state index is 11.8. The molecule has 0 saturated carbocycles. The Balaban J connectivity index is 1.88. The average Bonchev–Trinajstić information content (AvgIpc) is 3.23. The quantitative estimate of drug-likeness (QED) is 0.407. The maximum absolute atomic E-state index is 11.8. The lowest BCUT2D eigenvalue weighted by Gasteiger charge is -2.17. The Morgan fingerprint density at radius 1 is 1.32 bits per heavy atom. The average molecular weight is 383 g/mol. The third-order valence-electron chi connectivity index (χ3n) is 3.80. The number of aromatic nitrogens is 5. The number of ether oxygens (including phenoxy) is 1. The van der Waals surface area contributed by atoms with Crippen molar-refractivity contribution in [2.75, 3.05) is 30.9 Å². The van der Waals surface area contributed by atoms with Crippen molar-refractivity contribution in [2.24, 2.45) is 11.5 Å². The van der Waals surface area contributed by atoms with E-state index in [4.69, 9.17) is 16.2 Å². The Labute approximate surface area is 161 Å². The molecule has 0 saturated heterocycles. The van der Waals surface area contributed by atoms with Crippen LogP contribution < -0.4 is 22.1 Å². The second-order valence-corrected chi connectivity index (χ2v) is 5.85. The highest BCUT2D eigenvalue weighted by Crippen LogP contribution is 2.21. The molecule has 0 bridgehead atoms. The minimum absolute atomic E-state index is 0.157. The predicted octanol–water partition coefficient (Wildman–Crippen LogP) is 0.285. The van der Waals surface area contributed by atoms with Gasteiger partial charge in [0.1, 0.15) is 11.4 Å². The molecular formula is C17H21N9O2. The molecule has 0 radical (unpaired) electrons. The standard InChI is InChI=1S/C17H21N9O2/c1-28-10-12(8-18)24-17-20-9-14(15(19)27)16(25-17)23-11-3-2-4-13(7-11)26-21-5-6-22-26/h2-7,9,12H,8,10,18H2,1H3,(H2,19,27)(H2,20,23,24,25)/t12-/m0/s1. The molecule has 1 aromatic carbocycles. The van der Waals surface area contributed by atoms with E-state index in [0.29, 0.717) is 24.8 Å². The summed E-state index contributed by atoms with van der Waals surface area (Å²) in [6.45, 7) is 0.718. The first kappa shape index (κ1) is 19.2. The molecule has 1 amide bonds. The van der Waals surface area contributed by atoms with Crippen LogP contribution in [0.5, 0.6) is 0 Å². The van der Waals surface area contributed by atoms with Crippen LogP contribution in [0.15, 0.2) is 42.9 Å². The molecule has 28 heavy (non-hydrogen) atoms. The molecule has 3 rings (SSSR count). The third kappa shape index (κ3) is 4.58. The van der Waals surface area contributed by atoms with Gasteiger partial charge in [-0.3, -0.25) is 4.79 Å². The van der Waals surface area contributed by atoms with Gasteiger partial charge in [0.2, 0.25) is 5.95 Å². The number of methoxy groups -OCH3 is 1. The van der Waals surface area contributed by atoms with Crippen LogP contribution in [0.4, 0.5) is 17.5 Å². The van der Waals surface area contributed by atoms with Gasteiger partial charge in [0.15, 0.2) is 0 Å². The number of rotatable bonds is 9. The number of anilines is 3. The first-order valence-corrected chi connectivity index (χ1v) is 8.47. The number of nitrogens with two attached hydrogens (primary N) is 2. The van der Waals surface area contributed by atoms with Gasteiger partial charge in [-0.15, -0.1) is 0 Å². The Bertz CT molecular complexity index is 930. The van der Waals surface area contributed by atoms with E-state index in [9.17, 15) is 4.79 Å². The number of amides is 1. The van der Waals surface area contributed by atoms with Gasteiger partial charge in [0.05, 0.1) is 30.7 Å². The molecule has 0 fully saturated rings. The summed E-state index contributed by atoms with van der Waals surface area (Å²) in [7, 11) is 1.58. The number of benzene rings is 1. The van der Waals surface area contributed by atoms with E-state index < -0.39 is 5.91 Å². The highest BCUT2D eigenvalue weighted by Gasteiger charge is 2.15. The van der Waals surface area contributed by atoms with Crippen molar-refractivity contribution in [2.45, 2.75) is 6.04 Å². The van der Waals surface area contributed by atoms with E-state index in [-0.39, 0.29) is 17.4 Å². The highest BCUT2D eigenvalue weighted by molar-refractivity contribution is 5.98. The van der Waals surface area contributed by atoms with Crippen molar-refractivity contribution in [1.29, 1.82) is 0 Å². The van der Waals surface area contributed by atoms with Gasteiger partial charge in [-0.25, -0.2) is 4.98 Å². The summed E-state index contributed by atoms with van der Waals surface area (Å²) in [6.07, 6.45) is 4.53. The number of carbonyl (C=O) groups excluding carboxylic acids is 1. The van der Waals surface area contributed by atoms with Gasteiger partial charge in [-0.05, 0) is 18.2 Å². The van der Waals surface area contributed by atoms with Gasteiger partial charge in [0, 0.05) is 25.5 Å². The Kier molecular flexibility index (Phi) is 6.09. The van der Waals surface area contributed by atoms with Gasteiger partial charge in [-0.1, -0.05) is 6.07 Å². The Morgan fingerprint density at radius 3 is 2.79 bits per heavy atom. The molecule has 3 aromatic rings. The summed E-state index contributed by atoms with van der Waals surface area (Å²) in [6, 6.07) is 7.14. The second-order valence-electron chi connectivity index (χ2n) is 5.85. The highest BCUT2D eigenvalue weighted by atomic mass is 16.5. The maximum Gasteiger partial charge on any atom is 0.254 e. The molecule has 0 aliphatic heterocycles. The summed E-state index contributed by atoms with van der Waals surface area (Å²) in [5, 5.41) is 14.4. The number of nitrogens with zero attached hydrogens (tertiary/aromatic N) is 5.